The van der Waals surface area contributed by atoms with Crippen LogP contribution in [0.5, 0.6) is 5.75 Å². The lowest BCUT2D eigenvalue weighted by Gasteiger charge is -2.40. The van der Waals surface area contributed by atoms with E-state index in [2.05, 4.69) is 17.4 Å². The highest BCUT2D eigenvalue weighted by molar-refractivity contribution is 8.00. The number of carbonyl (C=O) groups excluding carboxylic acids is 1. The zero-order valence-electron chi connectivity index (χ0n) is 20.0. The molecule has 5 atom stereocenters. The molecule has 3 aliphatic rings. The number of anilines is 1. The average Bonchev–Trinajstić information content (AvgIpc) is 3.57. The van der Waals surface area contributed by atoms with Gasteiger partial charge in [-0.25, -0.2) is 0 Å². The Kier molecular flexibility index (Phi) is 6.14. The molecule has 0 saturated heterocycles. The summed E-state index contributed by atoms with van der Waals surface area (Å²) in [5.41, 5.74) is 0.358. The monoisotopic (exact) mass is 546 g/mol. The third kappa shape index (κ3) is 4.37. The molecule has 10 heteroatoms. The second-order valence-electron chi connectivity index (χ2n) is 9.99. The minimum atomic E-state index is -4.51. The van der Waals surface area contributed by atoms with Crippen molar-refractivity contribution in [2.24, 2.45) is 17.8 Å². The molecule has 1 aromatic heterocycles. The molecule has 1 amide bonds. The zero-order valence-corrected chi connectivity index (χ0v) is 21.6. The molecular weight excluding hydrogens is 521 g/mol. The first-order valence-corrected chi connectivity index (χ1v) is 13.9. The Hall–Kier alpha value is -2.72. The Balaban J connectivity index is 1.32. The third-order valence-electron chi connectivity index (χ3n) is 7.94. The Bertz CT molecular complexity index is 1400. The summed E-state index contributed by atoms with van der Waals surface area (Å²) in [6, 6.07) is 12.6. The van der Waals surface area contributed by atoms with E-state index in [4.69, 9.17) is 4.74 Å². The molecule has 5 nitrogen and oxygen atoms in total. The number of nitrogens with zero attached hydrogens (tertiary/aromatic N) is 1. The average molecular weight is 547 g/mol. The second kappa shape index (κ2) is 9.23. The maximum atomic E-state index is 13.2. The molecule has 1 aliphatic heterocycles. The first-order valence-electron chi connectivity index (χ1n) is 12.2. The van der Waals surface area contributed by atoms with Gasteiger partial charge in [0, 0.05) is 21.7 Å². The molecule has 2 bridgehead atoms. The van der Waals surface area contributed by atoms with Crippen LogP contribution >= 0.6 is 23.1 Å². The number of rotatable bonds is 5. The van der Waals surface area contributed by atoms with E-state index >= 15 is 0 Å². The Morgan fingerprint density at radius 3 is 2.62 bits per heavy atom. The second-order valence-corrected chi connectivity index (χ2v) is 12.2. The van der Waals surface area contributed by atoms with Crippen LogP contribution in [0.2, 0.25) is 0 Å². The quantitative estimate of drug-likeness (QED) is 0.412. The highest BCUT2D eigenvalue weighted by Crippen LogP contribution is 2.64. The van der Waals surface area contributed by atoms with Crippen LogP contribution in [0.25, 0.3) is 0 Å². The minimum absolute atomic E-state index is 0.0499. The van der Waals surface area contributed by atoms with E-state index in [1.165, 1.54) is 47.3 Å². The molecular formula is C27H25F3N2O3S2. The number of amides is 1. The fourth-order valence-electron chi connectivity index (χ4n) is 6.39. The largest absolute Gasteiger partial charge is 0.497 e. The summed E-state index contributed by atoms with van der Waals surface area (Å²) in [5, 5.41) is 3.74. The molecule has 37 heavy (non-hydrogen) atoms. The lowest BCUT2D eigenvalue weighted by molar-refractivity contribution is -0.137. The zero-order chi connectivity index (χ0) is 25.9. The molecule has 0 spiro atoms. The van der Waals surface area contributed by atoms with Crippen LogP contribution in [0.4, 0.5) is 18.9 Å². The first-order chi connectivity index (χ1) is 17.7. The van der Waals surface area contributed by atoms with E-state index in [1.807, 2.05) is 12.1 Å². The molecule has 3 aromatic rings. The molecule has 0 radical (unpaired) electrons. The van der Waals surface area contributed by atoms with Gasteiger partial charge >= 0.3 is 11.0 Å². The van der Waals surface area contributed by atoms with Crippen LogP contribution in [-0.2, 0) is 17.5 Å². The van der Waals surface area contributed by atoms with Gasteiger partial charge in [0.15, 0.2) is 0 Å². The van der Waals surface area contributed by atoms with Gasteiger partial charge in [-0.15, -0.1) is 11.8 Å². The van der Waals surface area contributed by atoms with Crippen molar-refractivity contribution in [2.75, 3.05) is 12.4 Å². The van der Waals surface area contributed by atoms with Gasteiger partial charge in [0.25, 0.3) is 0 Å². The Labute approximate surface area is 220 Å². The van der Waals surface area contributed by atoms with E-state index in [0.717, 1.165) is 33.3 Å². The van der Waals surface area contributed by atoms with Crippen molar-refractivity contribution < 1.29 is 22.7 Å². The van der Waals surface area contributed by atoms with E-state index in [9.17, 15) is 22.8 Å². The maximum Gasteiger partial charge on any atom is 0.416 e. The topological polar surface area (TPSA) is 60.3 Å². The van der Waals surface area contributed by atoms with E-state index in [1.54, 1.807) is 18.9 Å². The minimum Gasteiger partial charge on any atom is -0.497 e. The van der Waals surface area contributed by atoms with Crippen LogP contribution in [0.3, 0.4) is 0 Å². The number of ether oxygens (including phenoxy) is 1. The van der Waals surface area contributed by atoms with Crippen LogP contribution in [-0.4, -0.2) is 22.8 Å². The van der Waals surface area contributed by atoms with Crippen LogP contribution in [0.15, 0.2) is 58.4 Å². The standard InChI is InChI=1S/C27H25F3N2O3S2/c1-35-19-9-7-14(8-10-19)21-22-15-5-6-16(11-15)23(22)36-25-24(21)37-26(34)32(25)13-20(33)31-18-4-2-3-17(12-18)27(28,29)30/h2-4,7-10,12,15-16,21-23H,5-6,11,13H2,1H3,(H,31,33)/t15-,16-,21-,22-,23+/m0/s1. The summed E-state index contributed by atoms with van der Waals surface area (Å²) in [4.78, 5) is 26.8. The number of aromatic nitrogens is 1. The number of methoxy groups -OCH3 is 1. The number of fused-ring (bicyclic) bond motifs is 6. The Morgan fingerprint density at radius 1 is 1.14 bits per heavy atom. The smallest absolute Gasteiger partial charge is 0.416 e. The van der Waals surface area contributed by atoms with Gasteiger partial charge in [-0.1, -0.05) is 29.5 Å². The third-order valence-corrected chi connectivity index (χ3v) is 10.8. The number of carbonyl (C=O) groups is 1. The fourth-order valence-corrected chi connectivity index (χ4v) is 9.54. The Morgan fingerprint density at radius 2 is 1.89 bits per heavy atom. The number of thiazole rings is 1. The summed E-state index contributed by atoms with van der Waals surface area (Å²) in [6.45, 7) is -0.241. The summed E-state index contributed by atoms with van der Waals surface area (Å²) >= 11 is 2.90. The summed E-state index contributed by atoms with van der Waals surface area (Å²) < 4.78 is 46.1. The van der Waals surface area contributed by atoms with Gasteiger partial charge in [-0.3, -0.25) is 14.2 Å². The number of halogens is 3. The van der Waals surface area contributed by atoms with Crippen molar-refractivity contribution in [1.82, 2.24) is 4.57 Å². The molecule has 2 heterocycles. The van der Waals surface area contributed by atoms with Gasteiger partial charge in [0.1, 0.15) is 12.3 Å². The molecule has 0 unspecified atom stereocenters. The fraction of sp³-hybridized carbons (Fsp3) is 0.407. The number of thioether (sulfide) groups is 1. The van der Waals surface area contributed by atoms with Crippen molar-refractivity contribution in [1.29, 1.82) is 0 Å². The molecule has 2 aromatic carbocycles. The first kappa shape index (κ1) is 24.6. The van der Waals surface area contributed by atoms with Gasteiger partial charge in [0.2, 0.25) is 5.91 Å². The van der Waals surface area contributed by atoms with Crippen molar-refractivity contribution in [3.8, 4) is 5.75 Å². The maximum absolute atomic E-state index is 13.2. The molecule has 194 valence electrons. The predicted molar refractivity (Wildman–Crippen MR) is 137 cm³/mol. The molecule has 6 rings (SSSR count). The number of alkyl halides is 3. The van der Waals surface area contributed by atoms with E-state index < -0.39 is 17.6 Å². The number of nitrogens with one attached hydrogen (secondary N) is 1. The lowest BCUT2D eigenvalue weighted by atomic mass is 9.75. The highest BCUT2D eigenvalue weighted by Gasteiger charge is 2.55. The molecule has 2 saturated carbocycles. The predicted octanol–water partition coefficient (Wildman–Crippen LogP) is 6.23. The summed E-state index contributed by atoms with van der Waals surface area (Å²) in [5.74, 6) is 1.98. The molecule has 2 aliphatic carbocycles. The van der Waals surface area contributed by atoms with Crippen molar-refractivity contribution in [3.63, 3.8) is 0 Å². The van der Waals surface area contributed by atoms with Crippen LogP contribution < -0.4 is 14.9 Å². The number of hydrogen-bond donors (Lipinski definition) is 1. The summed E-state index contributed by atoms with van der Waals surface area (Å²) in [7, 11) is 1.63. The number of hydrogen-bond acceptors (Lipinski definition) is 5. The van der Waals surface area contributed by atoms with Crippen LogP contribution in [0.1, 0.15) is 41.2 Å². The van der Waals surface area contributed by atoms with E-state index in [0.29, 0.717) is 23.0 Å². The normalized spacial score (nSPS) is 26.0. The van der Waals surface area contributed by atoms with Crippen LogP contribution in [0, 0.1) is 17.8 Å². The lowest BCUT2D eigenvalue weighted by Crippen LogP contribution is -2.34. The van der Waals surface area contributed by atoms with Gasteiger partial charge in [0.05, 0.1) is 17.7 Å². The highest BCUT2D eigenvalue weighted by atomic mass is 32.2. The van der Waals surface area contributed by atoms with Crippen molar-refractivity contribution >= 4 is 34.7 Å². The van der Waals surface area contributed by atoms with Crippen molar-refractivity contribution in [2.45, 2.75) is 48.2 Å². The van der Waals surface area contributed by atoms with Gasteiger partial charge in [-0.05, 0) is 72.9 Å². The van der Waals surface area contributed by atoms with Gasteiger partial charge < -0.3 is 10.1 Å². The van der Waals surface area contributed by atoms with E-state index in [-0.39, 0.29) is 23.0 Å². The summed E-state index contributed by atoms with van der Waals surface area (Å²) in [6.07, 6.45) is -0.907. The SMILES string of the molecule is COc1ccc([C@@H]2c3sc(=O)n(CC(=O)Nc4cccc(C(F)(F)F)c4)c3S[C@@H]3[C@H]4CC[C@@H](C4)[C@@H]23)cc1. The molecule has 2 fully saturated rings. The number of benzene rings is 2. The van der Waals surface area contributed by atoms with Crippen molar-refractivity contribution in [3.05, 3.63) is 74.2 Å². The molecule has 1 N–H and O–H groups in total. The van der Waals surface area contributed by atoms with Gasteiger partial charge in [-0.2, -0.15) is 13.2 Å².